The number of hydrogen-bond donors (Lipinski definition) is 0. The molecule has 0 aliphatic rings. The van der Waals surface area contributed by atoms with Crippen LogP contribution in [-0.2, 0) is 18.4 Å². The van der Waals surface area contributed by atoms with E-state index in [1.165, 1.54) is 0 Å². The Bertz CT molecular complexity index is 606. The van der Waals surface area contributed by atoms with Gasteiger partial charge in [0.25, 0.3) is 0 Å². The second kappa shape index (κ2) is 7.25. The number of likely N-dealkylation sites (N-methyl/N-ethyl adjacent to an activating group) is 1. The zero-order valence-electron chi connectivity index (χ0n) is 13.9. The van der Waals surface area contributed by atoms with Crippen LogP contribution in [0.15, 0.2) is 42.7 Å². The minimum absolute atomic E-state index is 0.0899. The summed E-state index contributed by atoms with van der Waals surface area (Å²) in [6, 6.07) is 10.1. The van der Waals surface area contributed by atoms with Crippen LogP contribution in [0.3, 0.4) is 0 Å². The van der Waals surface area contributed by atoms with Gasteiger partial charge in [0.1, 0.15) is 0 Å². The van der Waals surface area contributed by atoms with Gasteiger partial charge in [0, 0.05) is 32.4 Å². The zero-order chi connectivity index (χ0) is 16.1. The number of hydrogen-bond acceptors (Lipinski definition) is 2. The van der Waals surface area contributed by atoms with E-state index in [0.29, 0.717) is 12.5 Å². The number of amides is 1. The molecule has 118 valence electrons. The van der Waals surface area contributed by atoms with E-state index >= 15 is 0 Å². The average molecular weight is 299 g/mol. The van der Waals surface area contributed by atoms with Gasteiger partial charge in [0.15, 0.2) is 0 Å². The van der Waals surface area contributed by atoms with Gasteiger partial charge in [-0.2, -0.15) is 5.10 Å². The summed E-state index contributed by atoms with van der Waals surface area (Å²) in [6.45, 7) is 4.87. The largest absolute Gasteiger partial charge is 0.341 e. The highest BCUT2D eigenvalue weighted by atomic mass is 16.2. The number of rotatable bonds is 6. The van der Waals surface area contributed by atoms with Crippen LogP contribution >= 0.6 is 0 Å². The Kier molecular flexibility index (Phi) is 5.36. The van der Waals surface area contributed by atoms with Crippen LogP contribution in [0, 0.1) is 5.92 Å². The van der Waals surface area contributed by atoms with E-state index in [4.69, 9.17) is 0 Å². The Morgan fingerprint density at radius 3 is 2.55 bits per heavy atom. The SMILES string of the molecule is CCC(C)C(C(=O)N(C)Cc1cnn(C)c1)c1ccccc1. The summed E-state index contributed by atoms with van der Waals surface area (Å²) in [5, 5.41) is 4.16. The molecular formula is C18H25N3O. The smallest absolute Gasteiger partial charge is 0.230 e. The molecule has 0 aliphatic carbocycles. The molecule has 4 heteroatoms. The fourth-order valence-corrected chi connectivity index (χ4v) is 2.75. The lowest BCUT2D eigenvalue weighted by molar-refractivity contribution is -0.133. The maximum Gasteiger partial charge on any atom is 0.230 e. The maximum absolute atomic E-state index is 13.0. The van der Waals surface area contributed by atoms with Crippen molar-refractivity contribution in [2.75, 3.05) is 7.05 Å². The van der Waals surface area contributed by atoms with E-state index in [9.17, 15) is 4.79 Å². The van der Waals surface area contributed by atoms with Gasteiger partial charge in [-0.3, -0.25) is 9.48 Å². The predicted molar refractivity (Wildman–Crippen MR) is 88.3 cm³/mol. The molecule has 2 atom stereocenters. The third-order valence-electron chi connectivity index (χ3n) is 4.19. The van der Waals surface area contributed by atoms with Crippen LogP contribution in [0.4, 0.5) is 0 Å². The Balaban J connectivity index is 2.18. The summed E-state index contributed by atoms with van der Waals surface area (Å²) < 4.78 is 1.76. The lowest BCUT2D eigenvalue weighted by Crippen LogP contribution is -2.34. The van der Waals surface area contributed by atoms with Crippen molar-refractivity contribution >= 4 is 5.91 Å². The minimum atomic E-state index is -0.0899. The molecule has 0 saturated carbocycles. The highest BCUT2D eigenvalue weighted by Crippen LogP contribution is 2.29. The van der Waals surface area contributed by atoms with Gasteiger partial charge in [-0.1, -0.05) is 50.6 Å². The summed E-state index contributed by atoms with van der Waals surface area (Å²) in [5.74, 6) is 0.392. The molecule has 1 aromatic carbocycles. The number of aromatic nitrogens is 2. The van der Waals surface area contributed by atoms with Crippen LogP contribution in [0.5, 0.6) is 0 Å². The van der Waals surface area contributed by atoms with Crippen LogP contribution in [0.25, 0.3) is 0 Å². The molecule has 22 heavy (non-hydrogen) atoms. The molecule has 0 bridgehead atoms. The fourth-order valence-electron chi connectivity index (χ4n) is 2.75. The van der Waals surface area contributed by atoms with E-state index in [-0.39, 0.29) is 11.8 Å². The Morgan fingerprint density at radius 2 is 2.00 bits per heavy atom. The second-order valence-electron chi connectivity index (χ2n) is 5.99. The molecule has 0 spiro atoms. The van der Waals surface area contributed by atoms with Crippen molar-refractivity contribution in [3.63, 3.8) is 0 Å². The summed E-state index contributed by atoms with van der Waals surface area (Å²) in [6.07, 6.45) is 4.74. The summed E-state index contributed by atoms with van der Waals surface area (Å²) in [5.41, 5.74) is 2.15. The third-order valence-corrected chi connectivity index (χ3v) is 4.19. The fraction of sp³-hybridized carbons (Fsp3) is 0.444. The van der Waals surface area contributed by atoms with Crippen molar-refractivity contribution in [1.29, 1.82) is 0 Å². The molecule has 0 saturated heterocycles. The molecule has 1 aromatic heterocycles. The van der Waals surface area contributed by atoms with E-state index in [1.807, 2.05) is 56.8 Å². The molecule has 2 rings (SSSR count). The predicted octanol–water partition coefficient (Wildman–Crippen LogP) is 3.21. The average Bonchev–Trinajstić information content (AvgIpc) is 2.93. The topological polar surface area (TPSA) is 38.1 Å². The molecule has 4 nitrogen and oxygen atoms in total. The molecular weight excluding hydrogens is 274 g/mol. The van der Waals surface area contributed by atoms with Gasteiger partial charge >= 0.3 is 0 Å². The van der Waals surface area contributed by atoms with Gasteiger partial charge in [0.2, 0.25) is 5.91 Å². The Labute approximate surface area is 132 Å². The Hall–Kier alpha value is -2.10. The molecule has 2 aromatic rings. The van der Waals surface area contributed by atoms with E-state index in [2.05, 4.69) is 18.9 Å². The van der Waals surface area contributed by atoms with Crippen molar-refractivity contribution in [3.05, 3.63) is 53.9 Å². The first-order valence-corrected chi connectivity index (χ1v) is 7.80. The highest BCUT2D eigenvalue weighted by molar-refractivity contribution is 5.83. The molecule has 1 amide bonds. The standard InChI is InChI=1S/C18H25N3O/c1-5-14(2)17(16-9-7-6-8-10-16)18(22)20(3)12-15-11-19-21(4)13-15/h6-11,13-14,17H,5,12H2,1-4H3. The molecule has 0 fully saturated rings. The lowest BCUT2D eigenvalue weighted by Gasteiger charge is -2.27. The van der Waals surface area contributed by atoms with Crippen LogP contribution in [-0.4, -0.2) is 27.6 Å². The van der Waals surface area contributed by atoms with Crippen LogP contribution in [0.2, 0.25) is 0 Å². The first-order valence-electron chi connectivity index (χ1n) is 7.80. The number of benzene rings is 1. The number of nitrogens with zero attached hydrogens (tertiary/aromatic N) is 3. The molecule has 0 N–H and O–H groups in total. The van der Waals surface area contributed by atoms with Gasteiger partial charge in [0.05, 0.1) is 12.1 Å². The number of aryl methyl sites for hydroxylation is 1. The summed E-state index contributed by atoms with van der Waals surface area (Å²) in [7, 11) is 3.75. The van der Waals surface area contributed by atoms with Crippen LogP contribution < -0.4 is 0 Å². The van der Waals surface area contributed by atoms with Crippen molar-refractivity contribution in [3.8, 4) is 0 Å². The van der Waals surface area contributed by atoms with Crippen molar-refractivity contribution in [2.45, 2.75) is 32.7 Å². The first-order chi connectivity index (χ1) is 10.5. The minimum Gasteiger partial charge on any atom is -0.341 e. The van der Waals surface area contributed by atoms with Crippen LogP contribution in [0.1, 0.15) is 37.3 Å². The summed E-state index contributed by atoms with van der Waals surface area (Å²) >= 11 is 0. The van der Waals surface area contributed by atoms with Gasteiger partial charge < -0.3 is 4.90 Å². The zero-order valence-corrected chi connectivity index (χ0v) is 13.9. The van der Waals surface area contributed by atoms with Crippen molar-refractivity contribution < 1.29 is 4.79 Å². The van der Waals surface area contributed by atoms with Gasteiger partial charge in [-0.15, -0.1) is 0 Å². The van der Waals surface area contributed by atoms with Gasteiger partial charge in [-0.25, -0.2) is 0 Å². The molecule has 0 aliphatic heterocycles. The van der Waals surface area contributed by atoms with E-state index in [1.54, 1.807) is 9.58 Å². The molecule has 1 heterocycles. The number of carbonyl (C=O) groups excluding carboxylic acids is 1. The molecule has 2 unspecified atom stereocenters. The summed E-state index contributed by atoms with van der Waals surface area (Å²) in [4.78, 5) is 14.8. The lowest BCUT2D eigenvalue weighted by atomic mass is 9.84. The van der Waals surface area contributed by atoms with E-state index < -0.39 is 0 Å². The highest BCUT2D eigenvalue weighted by Gasteiger charge is 2.28. The molecule has 0 radical (unpaired) electrons. The normalized spacial score (nSPS) is 13.6. The number of carbonyl (C=O) groups is 1. The van der Waals surface area contributed by atoms with Crippen molar-refractivity contribution in [1.82, 2.24) is 14.7 Å². The first kappa shape index (κ1) is 16.3. The van der Waals surface area contributed by atoms with E-state index in [0.717, 1.165) is 17.5 Å². The Morgan fingerprint density at radius 1 is 1.32 bits per heavy atom. The quantitative estimate of drug-likeness (QED) is 0.821. The monoisotopic (exact) mass is 299 g/mol. The van der Waals surface area contributed by atoms with Crippen molar-refractivity contribution in [2.24, 2.45) is 13.0 Å². The van der Waals surface area contributed by atoms with Gasteiger partial charge in [-0.05, 0) is 11.5 Å². The maximum atomic E-state index is 13.0. The second-order valence-corrected chi connectivity index (χ2v) is 5.99. The third kappa shape index (κ3) is 3.75.